The van der Waals surface area contributed by atoms with E-state index in [0.29, 0.717) is 19.3 Å². The predicted molar refractivity (Wildman–Crippen MR) is 316 cm³/mol. The second-order valence-corrected chi connectivity index (χ2v) is 20.9. The summed E-state index contributed by atoms with van der Waals surface area (Å²) in [5.74, 6) is -0.968. The van der Waals surface area contributed by atoms with Crippen molar-refractivity contribution >= 4 is 17.9 Å². The smallest absolute Gasteiger partial charge is 0.306 e. The molecule has 0 aromatic carbocycles. The minimum Gasteiger partial charge on any atom is -0.462 e. The van der Waals surface area contributed by atoms with Crippen LogP contribution in [0.4, 0.5) is 0 Å². The van der Waals surface area contributed by atoms with Crippen molar-refractivity contribution in [3.63, 3.8) is 0 Å². The van der Waals surface area contributed by atoms with E-state index in [0.717, 1.165) is 70.6 Å². The highest BCUT2D eigenvalue weighted by atomic mass is 16.6. The van der Waals surface area contributed by atoms with Crippen LogP contribution in [-0.4, -0.2) is 37.2 Å². The molecule has 0 fully saturated rings. The molecule has 0 spiro atoms. The Labute approximate surface area is 453 Å². The summed E-state index contributed by atoms with van der Waals surface area (Å²) >= 11 is 0. The van der Waals surface area contributed by atoms with Crippen LogP contribution in [0.3, 0.4) is 0 Å². The molecule has 0 radical (unpaired) electrons. The lowest BCUT2D eigenvalue weighted by molar-refractivity contribution is -0.166. The lowest BCUT2D eigenvalue weighted by Crippen LogP contribution is -2.30. The van der Waals surface area contributed by atoms with Gasteiger partial charge in [0.2, 0.25) is 0 Å². The SMILES string of the molecule is CC/C=C\C/C=C\C/C=C\C/C=C\CCC(=O)OCC(COC(=O)CCCCCCCCCCCCC/C=C\C/C=C\CCCCCCC)OC(=O)CCCCCCCCCCCCCCCCCCCCC. The number of carbonyl (C=O) groups excluding carboxylic acids is 3. The molecule has 0 aromatic rings. The van der Waals surface area contributed by atoms with Crippen LogP contribution in [0.5, 0.6) is 0 Å². The van der Waals surface area contributed by atoms with Crippen LogP contribution in [0, 0.1) is 0 Å². The fourth-order valence-corrected chi connectivity index (χ4v) is 9.02. The van der Waals surface area contributed by atoms with E-state index in [1.807, 2.05) is 6.08 Å². The van der Waals surface area contributed by atoms with Gasteiger partial charge in [-0.2, -0.15) is 0 Å². The highest BCUT2D eigenvalue weighted by Gasteiger charge is 2.19. The van der Waals surface area contributed by atoms with E-state index in [9.17, 15) is 14.4 Å². The number of hydrogen-bond donors (Lipinski definition) is 0. The van der Waals surface area contributed by atoms with Crippen molar-refractivity contribution in [3.05, 3.63) is 72.9 Å². The fourth-order valence-electron chi connectivity index (χ4n) is 9.02. The maximum Gasteiger partial charge on any atom is 0.306 e. The molecule has 0 saturated heterocycles. The fraction of sp³-hybridized carbons (Fsp3) is 0.776. The van der Waals surface area contributed by atoms with E-state index in [1.165, 1.54) is 199 Å². The van der Waals surface area contributed by atoms with Crippen LogP contribution < -0.4 is 0 Å². The van der Waals surface area contributed by atoms with E-state index >= 15 is 0 Å². The molecule has 0 heterocycles. The Kier molecular flexibility index (Phi) is 58.7. The maximum absolute atomic E-state index is 12.9. The first-order valence-corrected chi connectivity index (χ1v) is 31.4. The lowest BCUT2D eigenvalue weighted by atomic mass is 10.0. The zero-order chi connectivity index (χ0) is 52.9. The molecule has 0 N–H and O–H groups in total. The van der Waals surface area contributed by atoms with Crippen LogP contribution in [-0.2, 0) is 28.6 Å². The summed E-state index contributed by atoms with van der Waals surface area (Å²) in [4.78, 5) is 38.2. The Hall–Kier alpha value is -3.15. The molecule has 0 aliphatic carbocycles. The number of esters is 3. The first-order chi connectivity index (χ1) is 36.0. The van der Waals surface area contributed by atoms with Gasteiger partial charge < -0.3 is 14.2 Å². The van der Waals surface area contributed by atoms with Gasteiger partial charge in [0.25, 0.3) is 0 Å². The third-order valence-electron chi connectivity index (χ3n) is 13.7. The minimum atomic E-state index is -0.804. The van der Waals surface area contributed by atoms with Gasteiger partial charge in [0, 0.05) is 19.3 Å². The largest absolute Gasteiger partial charge is 0.462 e. The van der Waals surface area contributed by atoms with Crippen LogP contribution in [0.25, 0.3) is 0 Å². The van der Waals surface area contributed by atoms with E-state index in [4.69, 9.17) is 14.2 Å². The predicted octanol–water partition coefficient (Wildman–Crippen LogP) is 21.3. The number of unbranched alkanes of at least 4 members (excludes halogenated alkanes) is 34. The molecule has 6 heteroatoms. The molecule has 0 aromatic heterocycles. The Balaban J connectivity index is 4.34. The molecule has 1 unspecified atom stereocenters. The van der Waals surface area contributed by atoms with Gasteiger partial charge in [-0.25, -0.2) is 0 Å². The monoisotopic (exact) mass is 1020 g/mol. The topological polar surface area (TPSA) is 78.9 Å². The normalized spacial score (nSPS) is 12.5. The van der Waals surface area contributed by atoms with Crippen LogP contribution >= 0.6 is 0 Å². The molecule has 0 aliphatic rings. The van der Waals surface area contributed by atoms with Crippen LogP contribution in [0.15, 0.2) is 72.9 Å². The minimum absolute atomic E-state index is 0.0957. The average Bonchev–Trinajstić information content (AvgIpc) is 3.39. The number of carbonyl (C=O) groups is 3. The van der Waals surface area contributed by atoms with Crippen molar-refractivity contribution in [3.8, 4) is 0 Å². The molecule has 0 amide bonds. The Morgan fingerprint density at radius 2 is 0.562 bits per heavy atom. The van der Waals surface area contributed by atoms with E-state index < -0.39 is 6.10 Å². The molecule has 73 heavy (non-hydrogen) atoms. The second kappa shape index (κ2) is 61.4. The summed E-state index contributed by atoms with van der Waals surface area (Å²) in [5.41, 5.74) is 0. The zero-order valence-electron chi connectivity index (χ0n) is 48.4. The molecule has 0 saturated carbocycles. The quantitative estimate of drug-likeness (QED) is 0.0261. The molecular formula is C67H118O6. The summed E-state index contributed by atoms with van der Waals surface area (Å²) in [6.45, 7) is 6.49. The van der Waals surface area contributed by atoms with Gasteiger partial charge in [-0.3, -0.25) is 14.4 Å². The number of allylic oxidation sites excluding steroid dienone is 12. The molecular weight excluding hydrogens is 901 g/mol. The van der Waals surface area contributed by atoms with Crippen molar-refractivity contribution < 1.29 is 28.6 Å². The van der Waals surface area contributed by atoms with Crippen molar-refractivity contribution in [2.24, 2.45) is 0 Å². The van der Waals surface area contributed by atoms with E-state index in [1.54, 1.807) is 0 Å². The third kappa shape index (κ3) is 59.6. The summed E-state index contributed by atoms with van der Waals surface area (Å²) in [7, 11) is 0. The van der Waals surface area contributed by atoms with Gasteiger partial charge in [-0.1, -0.05) is 293 Å². The number of hydrogen-bond acceptors (Lipinski definition) is 6. The van der Waals surface area contributed by atoms with E-state index in [2.05, 4.69) is 87.6 Å². The first-order valence-electron chi connectivity index (χ1n) is 31.4. The summed E-state index contributed by atoms with van der Waals surface area (Å²) in [6, 6.07) is 0. The third-order valence-corrected chi connectivity index (χ3v) is 13.7. The summed E-state index contributed by atoms with van der Waals surface area (Å²) < 4.78 is 16.8. The lowest BCUT2D eigenvalue weighted by Gasteiger charge is -2.18. The van der Waals surface area contributed by atoms with Crippen molar-refractivity contribution in [1.29, 1.82) is 0 Å². The second-order valence-electron chi connectivity index (χ2n) is 20.9. The van der Waals surface area contributed by atoms with E-state index in [-0.39, 0.29) is 37.5 Å². The Morgan fingerprint density at radius 1 is 0.288 bits per heavy atom. The molecule has 1 atom stereocenters. The van der Waals surface area contributed by atoms with Gasteiger partial charge in [-0.15, -0.1) is 0 Å². The van der Waals surface area contributed by atoms with Gasteiger partial charge in [0.15, 0.2) is 6.10 Å². The Bertz CT molecular complexity index is 1360. The number of rotatable bonds is 57. The molecule has 0 bridgehead atoms. The Morgan fingerprint density at radius 3 is 0.918 bits per heavy atom. The molecule has 6 nitrogen and oxygen atoms in total. The van der Waals surface area contributed by atoms with Gasteiger partial charge in [-0.05, 0) is 77.0 Å². The summed E-state index contributed by atoms with van der Waals surface area (Å²) in [6.07, 6.45) is 79.3. The summed E-state index contributed by atoms with van der Waals surface area (Å²) in [5, 5.41) is 0. The highest BCUT2D eigenvalue weighted by Crippen LogP contribution is 2.17. The van der Waals surface area contributed by atoms with Gasteiger partial charge in [0.1, 0.15) is 13.2 Å². The zero-order valence-corrected chi connectivity index (χ0v) is 48.4. The van der Waals surface area contributed by atoms with Crippen molar-refractivity contribution in [2.75, 3.05) is 13.2 Å². The molecule has 0 aliphatic heterocycles. The highest BCUT2D eigenvalue weighted by molar-refractivity contribution is 5.71. The van der Waals surface area contributed by atoms with Gasteiger partial charge in [0.05, 0.1) is 0 Å². The standard InChI is InChI=1S/C67H118O6/c1-4-7-10-13-16-19-22-25-27-29-31-32-33-34-36-37-39-42-45-48-51-54-57-60-66(69)72-63-64(62-71-65(68)59-56-53-50-47-44-41-24-21-18-15-12-9-6-3)73-67(70)61-58-55-52-49-46-43-40-38-35-30-28-26-23-20-17-14-11-8-5-2/h9,12,18,21-22,25,29,31,41,44,50,53,64H,4-8,10-11,13-17,19-20,23-24,26-28,30,32-40,42-43,45-49,51-52,54-63H2,1-3H3/b12-9-,21-18-,25-22-,31-29-,44-41-,53-50-. The maximum atomic E-state index is 12.9. The molecule has 422 valence electrons. The molecule has 0 rings (SSSR count). The number of ether oxygens (including phenoxy) is 3. The average molecular weight is 1020 g/mol. The van der Waals surface area contributed by atoms with Gasteiger partial charge >= 0.3 is 17.9 Å². The first kappa shape index (κ1) is 69.8. The van der Waals surface area contributed by atoms with Crippen LogP contribution in [0.1, 0.15) is 316 Å². The van der Waals surface area contributed by atoms with Crippen molar-refractivity contribution in [2.45, 2.75) is 322 Å². The van der Waals surface area contributed by atoms with Crippen LogP contribution in [0.2, 0.25) is 0 Å². The van der Waals surface area contributed by atoms with Crippen molar-refractivity contribution in [1.82, 2.24) is 0 Å².